The monoisotopic (exact) mass is 424 g/mol. The van der Waals surface area contributed by atoms with E-state index in [0.717, 1.165) is 20.9 Å². The zero-order valence-electron chi connectivity index (χ0n) is 10.6. The van der Waals surface area contributed by atoms with E-state index >= 15 is 0 Å². The zero-order valence-corrected chi connectivity index (χ0v) is 14.3. The lowest BCUT2D eigenvalue weighted by atomic mass is 9.92. The lowest BCUT2D eigenvalue weighted by Crippen LogP contribution is -2.53. The van der Waals surface area contributed by atoms with Gasteiger partial charge in [-0.2, -0.15) is 0 Å². The standard InChI is InChI=1S/C13H18BrIN2O/c1-3-13(4-2,8-16)17-12(18)10-7-9(14)5-6-11(10)15/h5-7H,3-4,8,16H2,1-2H3,(H,17,18). The summed E-state index contributed by atoms with van der Waals surface area (Å²) in [5.41, 5.74) is 6.18. The van der Waals surface area contributed by atoms with Gasteiger partial charge in [-0.3, -0.25) is 4.79 Å². The van der Waals surface area contributed by atoms with Crippen molar-refractivity contribution in [3.63, 3.8) is 0 Å². The number of amides is 1. The number of carbonyl (C=O) groups excluding carboxylic acids is 1. The predicted octanol–water partition coefficient (Wildman–Crippen LogP) is 3.30. The van der Waals surface area contributed by atoms with Crippen LogP contribution in [0, 0.1) is 3.57 Å². The van der Waals surface area contributed by atoms with E-state index in [4.69, 9.17) is 5.73 Å². The maximum atomic E-state index is 12.3. The van der Waals surface area contributed by atoms with Gasteiger partial charge in [-0.15, -0.1) is 0 Å². The summed E-state index contributed by atoms with van der Waals surface area (Å²) in [5.74, 6) is -0.0603. The Morgan fingerprint density at radius 2 is 2.06 bits per heavy atom. The van der Waals surface area contributed by atoms with E-state index in [0.29, 0.717) is 12.1 Å². The molecule has 0 aromatic heterocycles. The quantitative estimate of drug-likeness (QED) is 0.712. The van der Waals surface area contributed by atoms with E-state index in [1.165, 1.54) is 0 Å². The minimum atomic E-state index is -0.303. The maximum Gasteiger partial charge on any atom is 0.252 e. The molecule has 3 nitrogen and oxygen atoms in total. The van der Waals surface area contributed by atoms with Gasteiger partial charge in [0.15, 0.2) is 0 Å². The summed E-state index contributed by atoms with van der Waals surface area (Å²) in [5, 5.41) is 3.07. The van der Waals surface area contributed by atoms with Gasteiger partial charge in [0.2, 0.25) is 0 Å². The molecule has 0 bridgehead atoms. The van der Waals surface area contributed by atoms with Crippen molar-refractivity contribution in [2.45, 2.75) is 32.2 Å². The van der Waals surface area contributed by atoms with Crippen molar-refractivity contribution in [2.24, 2.45) is 5.73 Å². The molecule has 1 rings (SSSR count). The summed E-state index contributed by atoms with van der Waals surface area (Å²) in [4.78, 5) is 12.3. The molecule has 3 N–H and O–H groups in total. The molecule has 0 saturated heterocycles. The first kappa shape index (κ1) is 15.9. The van der Waals surface area contributed by atoms with Crippen LogP contribution in [0.25, 0.3) is 0 Å². The van der Waals surface area contributed by atoms with Gasteiger partial charge >= 0.3 is 0 Å². The van der Waals surface area contributed by atoms with Crippen LogP contribution in [-0.4, -0.2) is 18.0 Å². The van der Waals surface area contributed by atoms with Gasteiger partial charge in [0.05, 0.1) is 11.1 Å². The average Bonchev–Trinajstić information content (AvgIpc) is 2.38. The van der Waals surface area contributed by atoms with Crippen molar-refractivity contribution in [2.75, 3.05) is 6.54 Å². The molecule has 0 aliphatic rings. The molecule has 0 unspecified atom stereocenters. The molecule has 1 aromatic rings. The molecule has 0 saturated carbocycles. The third-order valence-electron chi connectivity index (χ3n) is 3.30. The van der Waals surface area contributed by atoms with Crippen LogP contribution in [0.4, 0.5) is 0 Å². The SMILES string of the molecule is CCC(CC)(CN)NC(=O)c1cc(Br)ccc1I. The van der Waals surface area contributed by atoms with Crippen LogP contribution in [0.15, 0.2) is 22.7 Å². The molecule has 100 valence electrons. The summed E-state index contributed by atoms with van der Waals surface area (Å²) in [6.45, 7) is 4.54. The van der Waals surface area contributed by atoms with Crippen molar-refractivity contribution >= 4 is 44.4 Å². The molecule has 0 fully saturated rings. The van der Waals surface area contributed by atoms with E-state index < -0.39 is 0 Å². The van der Waals surface area contributed by atoms with Crippen molar-refractivity contribution < 1.29 is 4.79 Å². The van der Waals surface area contributed by atoms with Crippen LogP contribution in [0.2, 0.25) is 0 Å². The van der Waals surface area contributed by atoms with Crippen molar-refractivity contribution in [3.8, 4) is 0 Å². The molecule has 1 aromatic carbocycles. The normalized spacial score (nSPS) is 11.4. The van der Waals surface area contributed by atoms with Gasteiger partial charge in [-0.25, -0.2) is 0 Å². The molecule has 0 spiro atoms. The third-order valence-corrected chi connectivity index (χ3v) is 4.73. The zero-order chi connectivity index (χ0) is 13.8. The van der Waals surface area contributed by atoms with Crippen LogP contribution < -0.4 is 11.1 Å². The molecule has 0 radical (unpaired) electrons. The van der Waals surface area contributed by atoms with Gasteiger partial charge in [0.1, 0.15) is 0 Å². The Balaban J connectivity index is 2.97. The summed E-state index contributed by atoms with van der Waals surface area (Å²) >= 11 is 5.55. The lowest BCUT2D eigenvalue weighted by molar-refractivity contribution is 0.0894. The van der Waals surface area contributed by atoms with Gasteiger partial charge in [0, 0.05) is 14.6 Å². The fraction of sp³-hybridized carbons (Fsp3) is 0.462. The van der Waals surface area contributed by atoms with Crippen LogP contribution in [0.3, 0.4) is 0 Å². The third kappa shape index (κ3) is 3.68. The van der Waals surface area contributed by atoms with E-state index in [1.807, 2.05) is 32.0 Å². The van der Waals surface area contributed by atoms with Crippen LogP contribution >= 0.6 is 38.5 Å². The van der Waals surface area contributed by atoms with E-state index in [1.54, 1.807) is 0 Å². The molecule has 0 heterocycles. The molecule has 5 heteroatoms. The molecule has 18 heavy (non-hydrogen) atoms. The number of nitrogens with two attached hydrogens (primary N) is 1. The van der Waals surface area contributed by atoms with E-state index in [2.05, 4.69) is 43.8 Å². The minimum absolute atomic E-state index is 0.0603. The highest BCUT2D eigenvalue weighted by Crippen LogP contribution is 2.20. The number of hydrogen-bond donors (Lipinski definition) is 2. The van der Waals surface area contributed by atoms with E-state index in [9.17, 15) is 4.79 Å². The van der Waals surface area contributed by atoms with Crippen molar-refractivity contribution in [3.05, 3.63) is 31.8 Å². The molecular weight excluding hydrogens is 407 g/mol. The summed E-state index contributed by atoms with van der Waals surface area (Å²) in [7, 11) is 0. The van der Waals surface area contributed by atoms with Crippen LogP contribution in [-0.2, 0) is 0 Å². The molecule has 0 aliphatic carbocycles. The highest BCUT2D eigenvalue weighted by atomic mass is 127. The fourth-order valence-corrected chi connectivity index (χ4v) is 2.69. The highest BCUT2D eigenvalue weighted by molar-refractivity contribution is 14.1. The van der Waals surface area contributed by atoms with Gasteiger partial charge < -0.3 is 11.1 Å². The molecule has 0 atom stereocenters. The number of hydrogen-bond acceptors (Lipinski definition) is 2. The Kier molecular flexibility index (Phi) is 6.07. The molecular formula is C13H18BrIN2O. The number of halogens is 2. The smallest absolute Gasteiger partial charge is 0.252 e. The summed E-state index contributed by atoms with van der Waals surface area (Å²) in [6, 6.07) is 5.68. The van der Waals surface area contributed by atoms with Gasteiger partial charge in [0.25, 0.3) is 5.91 Å². The number of benzene rings is 1. The lowest BCUT2D eigenvalue weighted by Gasteiger charge is -2.31. The second kappa shape index (κ2) is 6.86. The number of carbonyl (C=O) groups is 1. The Morgan fingerprint density at radius 1 is 1.44 bits per heavy atom. The molecule has 0 aliphatic heterocycles. The second-order valence-electron chi connectivity index (χ2n) is 4.27. The van der Waals surface area contributed by atoms with Gasteiger partial charge in [-0.05, 0) is 53.6 Å². The van der Waals surface area contributed by atoms with E-state index in [-0.39, 0.29) is 11.4 Å². The number of nitrogens with one attached hydrogen (secondary N) is 1. The second-order valence-corrected chi connectivity index (χ2v) is 6.35. The average molecular weight is 425 g/mol. The Hall–Kier alpha value is -0.140. The highest BCUT2D eigenvalue weighted by Gasteiger charge is 2.27. The first-order valence-electron chi connectivity index (χ1n) is 5.95. The Morgan fingerprint density at radius 3 is 2.56 bits per heavy atom. The number of rotatable bonds is 5. The summed E-state index contributed by atoms with van der Waals surface area (Å²) in [6.07, 6.45) is 1.66. The maximum absolute atomic E-state index is 12.3. The Labute approximate surface area is 130 Å². The van der Waals surface area contributed by atoms with Crippen molar-refractivity contribution in [1.82, 2.24) is 5.32 Å². The Bertz CT molecular complexity index is 425. The van der Waals surface area contributed by atoms with Crippen LogP contribution in [0.1, 0.15) is 37.0 Å². The first-order valence-corrected chi connectivity index (χ1v) is 7.82. The fourth-order valence-electron chi connectivity index (χ4n) is 1.75. The first-order chi connectivity index (χ1) is 8.48. The minimum Gasteiger partial charge on any atom is -0.345 e. The topological polar surface area (TPSA) is 55.1 Å². The largest absolute Gasteiger partial charge is 0.345 e. The van der Waals surface area contributed by atoms with Crippen molar-refractivity contribution in [1.29, 1.82) is 0 Å². The molecule has 1 amide bonds. The predicted molar refractivity (Wildman–Crippen MR) is 86.7 cm³/mol. The van der Waals surface area contributed by atoms with Gasteiger partial charge in [-0.1, -0.05) is 29.8 Å². The van der Waals surface area contributed by atoms with Crippen LogP contribution in [0.5, 0.6) is 0 Å². The summed E-state index contributed by atoms with van der Waals surface area (Å²) < 4.78 is 1.84.